The highest BCUT2D eigenvalue weighted by Gasteiger charge is 2.06. The number of methoxy groups -OCH3 is 1. The molecule has 0 aliphatic rings. The number of hydrogen-bond donors (Lipinski definition) is 2. The Morgan fingerprint density at radius 3 is 2.87 bits per heavy atom. The topological polar surface area (TPSA) is 74.1 Å². The van der Waals surface area contributed by atoms with E-state index in [2.05, 4.69) is 10.6 Å². The Labute approximate surface area is 94.0 Å². The normalized spacial score (nSPS) is 10.6. The lowest BCUT2D eigenvalue weighted by molar-refractivity contribution is -0.117. The maximum atomic E-state index is 11.3. The van der Waals surface area contributed by atoms with E-state index in [1.54, 1.807) is 13.2 Å². The average molecular weight is 232 g/mol. The summed E-state index contributed by atoms with van der Waals surface area (Å²) in [6.07, 6.45) is 1.36. The predicted octanol–water partition coefficient (Wildman–Crippen LogP) is -0.0151. The van der Waals surface area contributed by atoms with Crippen LogP contribution >= 0.6 is 11.6 Å². The van der Waals surface area contributed by atoms with Crippen LogP contribution in [0.2, 0.25) is 0 Å². The van der Waals surface area contributed by atoms with Crippen LogP contribution in [0.4, 0.5) is 0 Å². The number of halogens is 1. The van der Waals surface area contributed by atoms with Crippen molar-refractivity contribution in [3.63, 3.8) is 0 Å². The lowest BCUT2D eigenvalue weighted by Crippen LogP contribution is -2.27. The van der Waals surface area contributed by atoms with Crippen LogP contribution in [-0.2, 0) is 9.53 Å². The molecule has 0 fully saturated rings. The number of rotatable bonds is 7. The van der Waals surface area contributed by atoms with Crippen LogP contribution in [0.15, 0.2) is 11.8 Å². The Kier molecular flexibility index (Phi) is 8.53. The van der Waals surface area contributed by atoms with Crippen molar-refractivity contribution in [2.24, 2.45) is 0 Å². The van der Waals surface area contributed by atoms with Gasteiger partial charge in [-0.15, -0.1) is 11.6 Å². The minimum absolute atomic E-state index is 0.0243. The molecule has 0 radical (unpaired) electrons. The van der Waals surface area contributed by atoms with Gasteiger partial charge in [-0.3, -0.25) is 4.79 Å². The van der Waals surface area contributed by atoms with Gasteiger partial charge in [-0.1, -0.05) is 0 Å². The third-order valence-electron chi connectivity index (χ3n) is 1.44. The highest BCUT2D eigenvalue weighted by atomic mass is 35.5. The fourth-order valence-electron chi connectivity index (χ4n) is 0.740. The number of nitriles is 1. The molecule has 0 aliphatic carbocycles. The van der Waals surface area contributed by atoms with Gasteiger partial charge in [-0.05, 0) is 0 Å². The molecule has 0 atom stereocenters. The SMILES string of the molecule is COCCN/C=C(/C#N)C(=O)NCCCl. The first-order valence-electron chi connectivity index (χ1n) is 4.43. The molecule has 84 valence electrons. The van der Waals surface area contributed by atoms with Gasteiger partial charge in [0.2, 0.25) is 0 Å². The highest BCUT2D eigenvalue weighted by Crippen LogP contribution is 1.89. The first-order chi connectivity index (χ1) is 7.26. The van der Waals surface area contributed by atoms with E-state index >= 15 is 0 Å². The number of ether oxygens (including phenoxy) is 1. The van der Waals surface area contributed by atoms with E-state index in [0.29, 0.717) is 25.6 Å². The summed E-state index contributed by atoms with van der Waals surface area (Å²) in [7, 11) is 1.57. The van der Waals surface area contributed by atoms with Gasteiger partial charge in [0.05, 0.1) is 6.61 Å². The third kappa shape index (κ3) is 6.77. The Bertz CT molecular complexity index is 261. The molecule has 0 unspecified atom stereocenters. The van der Waals surface area contributed by atoms with Crippen LogP contribution in [0.3, 0.4) is 0 Å². The van der Waals surface area contributed by atoms with E-state index < -0.39 is 5.91 Å². The van der Waals surface area contributed by atoms with Gasteiger partial charge in [0.15, 0.2) is 0 Å². The molecule has 0 rings (SSSR count). The molecule has 0 aliphatic heterocycles. The second-order valence-electron chi connectivity index (χ2n) is 2.56. The summed E-state index contributed by atoms with van der Waals surface area (Å²) in [5, 5.41) is 14.0. The minimum atomic E-state index is -0.428. The van der Waals surface area contributed by atoms with Crippen LogP contribution in [0, 0.1) is 11.3 Å². The number of amides is 1. The maximum absolute atomic E-state index is 11.3. The summed E-state index contributed by atoms with van der Waals surface area (Å²) in [5.74, 6) is -0.107. The van der Waals surface area contributed by atoms with Crippen molar-refractivity contribution in [3.05, 3.63) is 11.8 Å². The van der Waals surface area contributed by atoms with Crippen molar-refractivity contribution < 1.29 is 9.53 Å². The van der Waals surface area contributed by atoms with E-state index in [1.807, 2.05) is 0 Å². The van der Waals surface area contributed by atoms with E-state index in [4.69, 9.17) is 21.6 Å². The van der Waals surface area contributed by atoms with Crippen molar-refractivity contribution in [2.75, 3.05) is 32.7 Å². The first kappa shape index (κ1) is 13.8. The third-order valence-corrected chi connectivity index (χ3v) is 1.63. The molecule has 0 aromatic carbocycles. The van der Waals surface area contributed by atoms with Crippen molar-refractivity contribution in [2.45, 2.75) is 0 Å². The van der Waals surface area contributed by atoms with Crippen LogP contribution in [-0.4, -0.2) is 38.6 Å². The summed E-state index contributed by atoms with van der Waals surface area (Å²) in [4.78, 5) is 11.3. The fourth-order valence-corrected chi connectivity index (χ4v) is 0.834. The summed E-state index contributed by atoms with van der Waals surface area (Å²) < 4.78 is 4.79. The largest absolute Gasteiger partial charge is 0.387 e. The van der Waals surface area contributed by atoms with Gasteiger partial charge < -0.3 is 15.4 Å². The quantitative estimate of drug-likeness (QED) is 0.280. The Balaban J connectivity index is 4.00. The summed E-state index contributed by atoms with van der Waals surface area (Å²) >= 11 is 5.39. The second-order valence-corrected chi connectivity index (χ2v) is 2.94. The lowest BCUT2D eigenvalue weighted by Gasteiger charge is -2.02. The summed E-state index contributed by atoms with van der Waals surface area (Å²) in [5.41, 5.74) is 0.0243. The first-order valence-corrected chi connectivity index (χ1v) is 4.96. The van der Waals surface area contributed by atoms with Gasteiger partial charge >= 0.3 is 0 Å². The molecule has 6 heteroatoms. The molecule has 0 saturated carbocycles. The molecule has 0 heterocycles. The molecular formula is C9H14ClN3O2. The lowest BCUT2D eigenvalue weighted by atomic mass is 10.3. The molecule has 5 nitrogen and oxygen atoms in total. The minimum Gasteiger partial charge on any atom is -0.387 e. The van der Waals surface area contributed by atoms with E-state index in [0.717, 1.165) is 0 Å². The van der Waals surface area contributed by atoms with Gasteiger partial charge in [-0.2, -0.15) is 5.26 Å². The number of nitrogens with one attached hydrogen (secondary N) is 2. The maximum Gasteiger partial charge on any atom is 0.263 e. The van der Waals surface area contributed by atoms with Gasteiger partial charge in [0.1, 0.15) is 11.6 Å². The number of alkyl halides is 1. The van der Waals surface area contributed by atoms with E-state index in [9.17, 15) is 4.79 Å². The van der Waals surface area contributed by atoms with Gasteiger partial charge in [0.25, 0.3) is 5.91 Å². The Morgan fingerprint density at radius 2 is 2.33 bits per heavy atom. The van der Waals surface area contributed by atoms with Gasteiger partial charge in [-0.25, -0.2) is 0 Å². The summed E-state index contributed by atoms with van der Waals surface area (Å²) in [6, 6.07) is 1.79. The van der Waals surface area contributed by atoms with Crippen molar-refractivity contribution in [1.29, 1.82) is 5.26 Å². The highest BCUT2D eigenvalue weighted by molar-refractivity contribution is 6.18. The molecule has 15 heavy (non-hydrogen) atoms. The van der Waals surface area contributed by atoms with Crippen LogP contribution in [0.25, 0.3) is 0 Å². The number of hydrogen-bond acceptors (Lipinski definition) is 4. The van der Waals surface area contributed by atoms with E-state index in [-0.39, 0.29) is 5.57 Å². The molecule has 1 amide bonds. The molecule has 0 bridgehead atoms. The monoisotopic (exact) mass is 231 g/mol. The van der Waals surface area contributed by atoms with Crippen molar-refractivity contribution >= 4 is 17.5 Å². The van der Waals surface area contributed by atoms with Crippen LogP contribution in [0.1, 0.15) is 0 Å². The standard InChI is InChI=1S/C9H14ClN3O2/c1-15-5-4-12-7-8(6-11)9(14)13-3-2-10/h7,12H,2-5H2,1H3,(H,13,14)/b8-7-. The predicted molar refractivity (Wildman–Crippen MR) is 57.3 cm³/mol. The van der Waals surface area contributed by atoms with Crippen molar-refractivity contribution in [3.8, 4) is 6.07 Å². The number of carbonyl (C=O) groups excluding carboxylic acids is 1. The zero-order chi connectivity index (χ0) is 11.5. The Hall–Kier alpha value is -1.25. The zero-order valence-electron chi connectivity index (χ0n) is 8.55. The van der Waals surface area contributed by atoms with E-state index in [1.165, 1.54) is 6.20 Å². The molecule has 2 N–H and O–H groups in total. The average Bonchev–Trinajstić information content (AvgIpc) is 2.26. The van der Waals surface area contributed by atoms with Crippen molar-refractivity contribution in [1.82, 2.24) is 10.6 Å². The van der Waals surface area contributed by atoms with Crippen LogP contribution < -0.4 is 10.6 Å². The molecule has 0 aromatic heterocycles. The molecule has 0 spiro atoms. The Morgan fingerprint density at radius 1 is 1.60 bits per heavy atom. The molecular weight excluding hydrogens is 218 g/mol. The zero-order valence-corrected chi connectivity index (χ0v) is 9.30. The van der Waals surface area contributed by atoms with Gasteiger partial charge in [0, 0.05) is 32.3 Å². The molecule has 0 aromatic rings. The van der Waals surface area contributed by atoms with Crippen LogP contribution in [0.5, 0.6) is 0 Å². The fraction of sp³-hybridized carbons (Fsp3) is 0.556. The number of carbonyl (C=O) groups is 1. The smallest absolute Gasteiger partial charge is 0.263 e. The summed E-state index contributed by atoms with van der Waals surface area (Å²) in [6.45, 7) is 1.40. The number of nitrogens with zero attached hydrogens (tertiary/aromatic N) is 1. The molecule has 0 saturated heterocycles. The second kappa shape index (κ2) is 9.31.